The van der Waals surface area contributed by atoms with Crippen molar-refractivity contribution in [1.82, 2.24) is 15.0 Å². The molecule has 50 heavy (non-hydrogen) atoms. The fourth-order valence-corrected chi connectivity index (χ4v) is 12.2. The third-order valence-electron chi connectivity index (χ3n) is 10.3. The molecule has 3 N–H and O–H groups in total. The summed E-state index contributed by atoms with van der Waals surface area (Å²) in [6.45, 7) is 9.10. The lowest BCUT2D eigenvalue weighted by atomic mass is 9.82. The van der Waals surface area contributed by atoms with Gasteiger partial charge in [0.15, 0.2) is 5.60 Å². The molecule has 5 atom stereocenters. The van der Waals surface area contributed by atoms with Crippen LogP contribution in [0, 0.1) is 5.92 Å². The molecular weight excluding hydrogens is 718 g/mol. The van der Waals surface area contributed by atoms with Gasteiger partial charge in [-0.1, -0.05) is 70.6 Å². The van der Waals surface area contributed by atoms with E-state index in [4.69, 9.17) is 9.47 Å². The van der Waals surface area contributed by atoms with Crippen molar-refractivity contribution in [3.63, 3.8) is 0 Å². The minimum Gasteiger partial charge on any atom is -0.497 e. The first-order valence-electron chi connectivity index (χ1n) is 16.9. The first-order chi connectivity index (χ1) is 23.9. The van der Waals surface area contributed by atoms with E-state index in [9.17, 15) is 15.0 Å². The Kier molecular flexibility index (Phi) is 10.3. The predicted octanol–water partition coefficient (Wildman–Crippen LogP) is 4.76. The Balaban J connectivity index is 1.39. The molecule has 1 saturated heterocycles. The van der Waals surface area contributed by atoms with Crippen LogP contribution in [0.25, 0.3) is 0 Å². The highest BCUT2D eigenvalue weighted by Crippen LogP contribution is 2.60. The smallest absolute Gasteiger partial charge is 0.264 e. The van der Waals surface area contributed by atoms with E-state index in [1.165, 1.54) is 12.1 Å². The molecule has 2 aliphatic rings. The Morgan fingerprint density at radius 2 is 1.92 bits per heavy atom. The van der Waals surface area contributed by atoms with E-state index in [2.05, 4.69) is 63.7 Å². The van der Waals surface area contributed by atoms with Crippen molar-refractivity contribution < 1.29 is 29.3 Å². The number of amides is 2. The summed E-state index contributed by atoms with van der Waals surface area (Å²) < 4.78 is 15.4. The molecule has 2 amide bonds. The zero-order chi connectivity index (χ0) is 35.8. The number of aryl methyl sites for hydroxylation is 1. The Hall–Kier alpha value is -3.88. The number of fused-ring (bicyclic) bond motifs is 2. The molecule has 0 unspecified atom stereocenters. The van der Waals surface area contributed by atoms with Gasteiger partial charge in [0.1, 0.15) is 11.9 Å². The number of aliphatic hydroxyl groups is 2. The van der Waals surface area contributed by atoms with Gasteiger partial charge < -0.3 is 29.9 Å². The third-order valence-corrected chi connectivity index (χ3v) is 15.2. The molecule has 264 valence electrons. The lowest BCUT2D eigenvalue weighted by molar-refractivity contribution is -0.146. The van der Waals surface area contributed by atoms with E-state index in [1.54, 1.807) is 22.8 Å². The number of ether oxygens (including phenoxy) is 2. The molecule has 3 heterocycles. The van der Waals surface area contributed by atoms with Crippen LogP contribution in [0.4, 0.5) is 11.4 Å². The molecule has 1 spiro atoms. The molecule has 1 fully saturated rings. The highest BCUT2D eigenvalue weighted by atomic mass is 79.9. The Bertz CT molecular complexity index is 1870. The summed E-state index contributed by atoms with van der Waals surface area (Å²) in [4.78, 5) is 29.1. The highest BCUT2D eigenvalue weighted by Gasteiger charge is 2.66. The van der Waals surface area contributed by atoms with Gasteiger partial charge in [-0.25, -0.2) is 0 Å². The number of carbonyl (C=O) groups excluding carboxylic acids is 2. The second-order valence-corrected chi connectivity index (χ2v) is 19.4. The highest BCUT2D eigenvalue weighted by molar-refractivity contribution is 9.10. The average molecular weight is 763 g/mol. The summed E-state index contributed by atoms with van der Waals surface area (Å²) in [5, 5.41) is 31.6. The molecule has 2 aliphatic heterocycles. The maximum atomic E-state index is 15.1. The van der Waals surface area contributed by atoms with Gasteiger partial charge in [0.25, 0.3) is 11.8 Å². The van der Waals surface area contributed by atoms with Crippen molar-refractivity contribution in [1.29, 1.82) is 0 Å². The standard InChI is InChI=1S/C37H44BrN5O6Si/c1-23-34(50(4,5)30-12-10-29(48-3)11-13-30)33(15-17-42-22-28(16-18-44)40-41-42)49-37(23)31-20-26(38)9-14-32(31)43(36(37)47)21-25-7-6-8-27(19-25)39-35(46)24(2)45/h6-14,19-20,22-24,33-34,44-45H,15-18,21H2,1-5H3,(H,39,46)/t23-,24-,33+,34-,37+/m0/s1. The van der Waals surface area contributed by atoms with Crippen molar-refractivity contribution >= 4 is 52.4 Å². The monoisotopic (exact) mass is 761 g/mol. The molecule has 3 aromatic carbocycles. The number of nitrogens with one attached hydrogen (secondary N) is 1. The molecule has 4 aromatic rings. The fraction of sp³-hybridized carbons (Fsp3) is 0.405. The lowest BCUT2D eigenvalue weighted by Crippen LogP contribution is -2.51. The molecule has 0 saturated carbocycles. The van der Waals surface area contributed by atoms with Gasteiger partial charge >= 0.3 is 0 Å². The third kappa shape index (κ3) is 6.64. The minimum absolute atomic E-state index is 0.00254. The Morgan fingerprint density at radius 1 is 1.16 bits per heavy atom. The molecule has 13 heteroatoms. The molecule has 0 aliphatic carbocycles. The van der Waals surface area contributed by atoms with E-state index >= 15 is 4.79 Å². The summed E-state index contributed by atoms with van der Waals surface area (Å²) >= 11 is 3.68. The summed E-state index contributed by atoms with van der Waals surface area (Å²) in [6.07, 6.45) is 1.49. The largest absolute Gasteiger partial charge is 0.497 e. The zero-order valence-corrected chi connectivity index (χ0v) is 31.6. The minimum atomic E-state index is -2.34. The quantitative estimate of drug-likeness (QED) is 0.176. The maximum Gasteiger partial charge on any atom is 0.264 e. The first-order valence-corrected chi connectivity index (χ1v) is 20.8. The lowest BCUT2D eigenvalue weighted by Gasteiger charge is -2.37. The second kappa shape index (κ2) is 14.4. The van der Waals surface area contributed by atoms with Crippen LogP contribution in [0.5, 0.6) is 5.75 Å². The van der Waals surface area contributed by atoms with E-state index in [0.717, 1.165) is 32.7 Å². The van der Waals surface area contributed by atoms with Crippen LogP contribution in [-0.2, 0) is 39.4 Å². The first kappa shape index (κ1) is 35.9. The van der Waals surface area contributed by atoms with Crippen molar-refractivity contribution in [2.75, 3.05) is 23.9 Å². The van der Waals surface area contributed by atoms with Gasteiger partial charge in [0.2, 0.25) is 0 Å². The van der Waals surface area contributed by atoms with E-state index in [0.29, 0.717) is 25.1 Å². The van der Waals surface area contributed by atoms with Gasteiger partial charge in [-0.3, -0.25) is 14.3 Å². The normalized spacial score (nSPS) is 22.2. The number of methoxy groups -OCH3 is 1. The SMILES string of the molecule is COc1ccc([Si](C)(C)[C@@H]2[C@@H](CCn3cc(CCO)nn3)O[C@]3(C(=O)N(Cc4cccc(NC(=O)[C@H](C)O)c4)c4ccc(Br)cc43)[C@H]2C)cc1. The summed E-state index contributed by atoms with van der Waals surface area (Å²) in [5.74, 6) is -0.00580. The van der Waals surface area contributed by atoms with Crippen LogP contribution in [-0.4, -0.2) is 71.0 Å². The number of hydrogen-bond donors (Lipinski definition) is 3. The topological polar surface area (TPSA) is 139 Å². The van der Waals surface area contributed by atoms with E-state index < -0.39 is 25.7 Å². The number of anilines is 2. The van der Waals surface area contributed by atoms with Crippen LogP contribution in [0.2, 0.25) is 18.6 Å². The van der Waals surface area contributed by atoms with Crippen molar-refractivity contribution in [2.45, 2.75) is 76.2 Å². The number of carbonyl (C=O) groups is 2. The summed E-state index contributed by atoms with van der Waals surface area (Å²) in [7, 11) is -0.681. The summed E-state index contributed by atoms with van der Waals surface area (Å²) in [5.41, 5.74) is 2.53. The number of hydrogen-bond acceptors (Lipinski definition) is 8. The number of benzene rings is 3. The Labute approximate surface area is 301 Å². The van der Waals surface area contributed by atoms with Gasteiger partial charge in [-0.05, 0) is 66.9 Å². The zero-order valence-electron chi connectivity index (χ0n) is 29.0. The fourth-order valence-electron chi connectivity index (χ4n) is 7.83. The average Bonchev–Trinajstić information content (AvgIpc) is 3.74. The van der Waals surface area contributed by atoms with Crippen LogP contribution in [0.15, 0.2) is 77.4 Å². The van der Waals surface area contributed by atoms with Crippen molar-refractivity contribution in [3.8, 4) is 5.75 Å². The molecule has 0 bridgehead atoms. The second-order valence-electron chi connectivity index (χ2n) is 13.8. The number of halogens is 1. The van der Waals surface area contributed by atoms with Gasteiger partial charge in [-0.2, -0.15) is 0 Å². The van der Waals surface area contributed by atoms with Gasteiger partial charge in [0, 0.05) is 47.4 Å². The number of aliphatic hydroxyl groups excluding tert-OH is 2. The summed E-state index contributed by atoms with van der Waals surface area (Å²) in [6, 6.07) is 21.5. The van der Waals surface area contributed by atoms with Gasteiger partial charge in [0.05, 0.1) is 39.2 Å². The molecule has 11 nitrogen and oxygen atoms in total. The van der Waals surface area contributed by atoms with Crippen LogP contribution in [0.3, 0.4) is 0 Å². The van der Waals surface area contributed by atoms with Crippen LogP contribution >= 0.6 is 15.9 Å². The predicted molar refractivity (Wildman–Crippen MR) is 197 cm³/mol. The van der Waals surface area contributed by atoms with Crippen LogP contribution in [0.1, 0.15) is 37.1 Å². The molecule has 1 aromatic heterocycles. The molecule has 6 rings (SSSR count). The Morgan fingerprint density at radius 3 is 2.62 bits per heavy atom. The van der Waals surface area contributed by atoms with E-state index in [-0.39, 0.29) is 36.6 Å². The maximum absolute atomic E-state index is 15.1. The molecule has 0 radical (unpaired) electrons. The van der Waals surface area contributed by atoms with Gasteiger partial charge in [-0.15, -0.1) is 5.10 Å². The number of rotatable bonds is 12. The number of nitrogens with zero attached hydrogens (tertiary/aromatic N) is 4. The molecular formula is C37H44BrN5O6Si. The van der Waals surface area contributed by atoms with Crippen molar-refractivity contribution in [2.24, 2.45) is 5.92 Å². The van der Waals surface area contributed by atoms with Crippen molar-refractivity contribution in [3.05, 3.63) is 94.2 Å². The number of aromatic nitrogens is 3. The van der Waals surface area contributed by atoms with E-state index in [1.807, 2.05) is 54.7 Å². The van der Waals surface area contributed by atoms with Crippen LogP contribution < -0.4 is 20.1 Å².